The fraction of sp³-hybridized carbons (Fsp3) is 0.188. The number of hydrogen-bond donors (Lipinski definition) is 3. The van der Waals surface area contributed by atoms with Crippen molar-refractivity contribution in [3.63, 3.8) is 0 Å². The highest BCUT2D eigenvalue weighted by Gasteiger charge is 2.18. The lowest BCUT2D eigenvalue weighted by molar-refractivity contribution is 0.103. The molecule has 0 unspecified atom stereocenters. The van der Waals surface area contributed by atoms with Gasteiger partial charge in [-0.2, -0.15) is 0 Å². The highest BCUT2D eigenvalue weighted by molar-refractivity contribution is 6.11. The summed E-state index contributed by atoms with van der Waals surface area (Å²) in [7, 11) is 0. The quantitative estimate of drug-likeness (QED) is 0.590. The summed E-state index contributed by atoms with van der Waals surface area (Å²) in [6.07, 6.45) is 1.84. The van der Waals surface area contributed by atoms with Crippen LogP contribution >= 0.6 is 0 Å². The molecular formula is C16H16O4. The zero-order chi connectivity index (χ0) is 14.7. The fourth-order valence-corrected chi connectivity index (χ4v) is 2.06. The van der Waals surface area contributed by atoms with Gasteiger partial charge >= 0.3 is 0 Å². The van der Waals surface area contributed by atoms with E-state index >= 15 is 0 Å². The molecule has 0 radical (unpaired) electrons. The number of aryl methyl sites for hydroxylation is 1. The Labute approximate surface area is 116 Å². The molecule has 3 N–H and O–H groups in total. The maximum absolute atomic E-state index is 12.3. The highest BCUT2D eigenvalue weighted by atomic mass is 16.3. The molecule has 0 bridgehead atoms. The van der Waals surface area contributed by atoms with E-state index in [-0.39, 0.29) is 5.56 Å². The number of phenols is 3. The fourth-order valence-electron chi connectivity index (χ4n) is 2.06. The monoisotopic (exact) mass is 272 g/mol. The predicted octanol–water partition coefficient (Wildman–Crippen LogP) is 2.99. The van der Waals surface area contributed by atoms with Crippen molar-refractivity contribution < 1.29 is 20.1 Å². The second-order valence-corrected chi connectivity index (χ2v) is 4.61. The molecule has 4 nitrogen and oxygen atoms in total. The van der Waals surface area contributed by atoms with Gasteiger partial charge in [0, 0.05) is 5.56 Å². The lowest BCUT2D eigenvalue weighted by Gasteiger charge is -2.08. The molecule has 2 aromatic rings. The highest BCUT2D eigenvalue weighted by Crippen LogP contribution is 2.37. The molecule has 2 aromatic carbocycles. The molecule has 2 rings (SSSR count). The van der Waals surface area contributed by atoms with E-state index < -0.39 is 23.0 Å². The lowest BCUT2D eigenvalue weighted by Crippen LogP contribution is -2.02. The van der Waals surface area contributed by atoms with Crippen molar-refractivity contribution in [2.24, 2.45) is 0 Å². The van der Waals surface area contributed by atoms with Crippen molar-refractivity contribution in [3.05, 3.63) is 53.1 Å². The Bertz CT molecular complexity index is 647. The summed E-state index contributed by atoms with van der Waals surface area (Å²) in [5.74, 6) is -2.13. The van der Waals surface area contributed by atoms with E-state index in [2.05, 4.69) is 6.92 Å². The van der Waals surface area contributed by atoms with Gasteiger partial charge in [0.2, 0.25) is 5.75 Å². The van der Waals surface area contributed by atoms with Crippen LogP contribution in [0.5, 0.6) is 17.2 Å². The SMILES string of the molecule is CCCc1cccc(C(=O)c2ccc(O)c(O)c2O)c1. The normalized spacial score (nSPS) is 10.4. The second kappa shape index (κ2) is 5.65. The van der Waals surface area contributed by atoms with Gasteiger partial charge < -0.3 is 15.3 Å². The van der Waals surface area contributed by atoms with Crippen molar-refractivity contribution in [1.82, 2.24) is 0 Å². The largest absolute Gasteiger partial charge is 0.504 e. The molecule has 104 valence electrons. The van der Waals surface area contributed by atoms with Crippen LogP contribution < -0.4 is 0 Å². The van der Waals surface area contributed by atoms with Gasteiger partial charge in [-0.15, -0.1) is 0 Å². The van der Waals surface area contributed by atoms with Crippen LogP contribution in [0, 0.1) is 0 Å². The standard InChI is InChI=1S/C16H16O4/c1-2-4-10-5-3-6-11(9-10)14(18)12-7-8-13(17)16(20)15(12)19/h3,5-9,17,19-20H,2,4H2,1H3. The molecule has 20 heavy (non-hydrogen) atoms. The molecule has 0 aliphatic carbocycles. The van der Waals surface area contributed by atoms with Crippen LogP contribution in [0.15, 0.2) is 36.4 Å². The Balaban J connectivity index is 2.41. The number of aromatic hydroxyl groups is 3. The van der Waals surface area contributed by atoms with E-state index in [9.17, 15) is 20.1 Å². The van der Waals surface area contributed by atoms with Crippen LogP contribution in [0.4, 0.5) is 0 Å². The molecule has 0 fully saturated rings. The van der Waals surface area contributed by atoms with Crippen molar-refractivity contribution >= 4 is 5.78 Å². The Kier molecular flexibility index (Phi) is 3.94. The van der Waals surface area contributed by atoms with E-state index in [4.69, 9.17) is 0 Å². The van der Waals surface area contributed by atoms with E-state index in [1.807, 2.05) is 6.07 Å². The summed E-state index contributed by atoms with van der Waals surface area (Å²) in [5, 5.41) is 28.5. The van der Waals surface area contributed by atoms with Gasteiger partial charge in [-0.25, -0.2) is 0 Å². The van der Waals surface area contributed by atoms with Crippen LogP contribution in [-0.2, 0) is 6.42 Å². The number of carbonyl (C=O) groups excluding carboxylic acids is 1. The third-order valence-electron chi connectivity index (χ3n) is 3.10. The number of carbonyl (C=O) groups is 1. The first kappa shape index (κ1) is 13.9. The maximum Gasteiger partial charge on any atom is 0.201 e. The minimum absolute atomic E-state index is 0.0334. The summed E-state index contributed by atoms with van der Waals surface area (Å²) in [6.45, 7) is 2.05. The predicted molar refractivity (Wildman–Crippen MR) is 75.3 cm³/mol. The smallest absolute Gasteiger partial charge is 0.201 e. The third-order valence-corrected chi connectivity index (χ3v) is 3.10. The summed E-state index contributed by atoms with van der Waals surface area (Å²) in [5.41, 5.74) is 1.45. The maximum atomic E-state index is 12.3. The Morgan fingerprint density at radius 3 is 2.50 bits per heavy atom. The van der Waals surface area contributed by atoms with Crippen molar-refractivity contribution in [1.29, 1.82) is 0 Å². The van der Waals surface area contributed by atoms with E-state index in [1.165, 1.54) is 12.1 Å². The number of rotatable bonds is 4. The summed E-state index contributed by atoms with van der Waals surface area (Å²) >= 11 is 0. The van der Waals surface area contributed by atoms with Gasteiger partial charge in [0.1, 0.15) is 0 Å². The van der Waals surface area contributed by atoms with E-state index in [0.29, 0.717) is 5.56 Å². The second-order valence-electron chi connectivity index (χ2n) is 4.61. The van der Waals surface area contributed by atoms with Gasteiger partial charge in [-0.1, -0.05) is 31.5 Å². The first-order chi connectivity index (χ1) is 9.54. The first-order valence-corrected chi connectivity index (χ1v) is 6.42. The molecule has 0 aliphatic rings. The van der Waals surface area contributed by atoms with Gasteiger partial charge in [-0.3, -0.25) is 4.79 Å². The molecule has 0 spiro atoms. The van der Waals surface area contributed by atoms with E-state index in [1.54, 1.807) is 18.2 Å². The first-order valence-electron chi connectivity index (χ1n) is 6.42. The summed E-state index contributed by atoms with van der Waals surface area (Å²) in [4.78, 5) is 12.3. The molecule has 0 saturated heterocycles. The van der Waals surface area contributed by atoms with Crippen molar-refractivity contribution in [3.8, 4) is 17.2 Å². The zero-order valence-corrected chi connectivity index (χ0v) is 11.1. The Hall–Kier alpha value is -2.49. The third kappa shape index (κ3) is 2.59. The molecular weight excluding hydrogens is 256 g/mol. The molecule has 0 aromatic heterocycles. The van der Waals surface area contributed by atoms with Gasteiger partial charge in [0.05, 0.1) is 5.56 Å². The Morgan fingerprint density at radius 1 is 1.05 bits per heavy atom. The Morgan fingerprint density at radius 2 is 1.80 bits per heavy atom. The number of hydrogen-bond acceptors (Lipinski definition) is 4. The van der Waals surface area contributed by atoms with Crippen LogP contribution in [0.1, 0.15) is 34.8 Å². The van der Waals surface area contributed by atoms with Gasteiger partial charge in [0.25, 0.3) is 0 Å². The van der Waals surface area contributed by atoms with Gasteiger partial charge in [0.15, 0.2) is 17.3 Å². The minimum Gasteiger partial charge on any atom is -0.504 e. The van der Waals surface area contributed by atoms with Gasteiger partial charge in [-0.05, 0) is 30.2 Å². The molecule has 4 heteroatoms. The molecule has 0 atom stereocenters. The topological polar surface area (TPSA) is 77.8 Å². The summed E-state index contributed by atoms with van der Waals surface area (Å²) in [6, 6.07) is 9.63. The molecule has 0 heterocycles. The number of phenolic OH excluding ortho intramolecular Hbond substituents is 3. The van der Waals surface area contributed by atoms with Crippen molar-refractivity contribution in [2.45, 2.75) is 19.8 Å². The zero-order valence-electron chi connectivity index (χ0n) is 11.1. The minimum atomic E-state index is -0.680. The van der Waals surface area contributed by atoms with Crippen LogP contribution in [-0.4, -0.2) is 21.1 Å². The average molecular weight is 272 g/mol. The van der Waals surface area contributed by atoms with Crippen molar-refractivity contribution in [2.75, 3.05) is 0 Å². The average Bonchev–Trinajstić information content (AvgIpc) is 2.45. The van der Waals surface area contributed by atoms with Crippen LogP contribution in [0.25, 0.3) is 0 Å². The van der Waals surface area contributed by atoms with E-state index in [0.717, 1.165) is 18.4 Å². The summed E-state index contributed by atoms with van der Waals surface area (Å²) < 4.78 is 0. The van der Waals surface area contributed by atoms with Crippen LogP contribution in [0.3, 0.4) is 0 Å². The van der Waals surface area contributed by atoms with Crippen LogP contribution in [0.2, 0.25) is 0 Å². The lowest BCUT2D eigenvalue weighted by atomic mass is 9.99. The molecule has 0 aliphatic heterocycles. The number of benzene rings is 2. The number of ketones is 1. The molecule has 0 amide bonds. The molecule has 0 saturated carbocycles.